The van der Waals surface area contributed by atoms with E-state index in [1.165, 1.54) is 4.90 Å². The summed E-state index contributed by atoms with van der Waals surface area (Å²) < 4.78 is 0. The summed E-state index contributed by atoms with van der Waals surface area (Å²) in [6.07, 6.45) is 4.64. The third-order valence-corrected chi connectivity index (χ3v) is 4.37. The van der Waals surface area contributed by atoms with Crippen molar-refractivity contribution in [1.82, 2.24) is 14.9 Å². The van der Waals surface area contributed by atoms with Crippen molar-refractivity contribution in [2.75, 3.05) is 23.0 Å². The number of urea groups is 1. The third kappa shape index (κ3) is 3.90. The van der Waals surface area contributed by atoms with Crippen molar-refractivity contribution in [3.8, 4) is 0 Å². The van der Waals surface area contributed by atoms with Crippen molar-refractivity contribution >= 4 is 29.3 Å². The Balaban J connectivity index is 1.60. The molecule has 0 unspecified atom stereocenters. The zero-order valence-corrected chi connectivity index (χ0v) is 14.8. The molecule has 0 aliphatic carbocycles. The Labute approximate surface area is 152 Å². The van der Waals surface area contributed by atoms with E-state index in [0.29, 0.717) is 18.7 Å². The molecule has 1 aliphatic rings. The quantitative estimate of drug-likeness (QED) is 0.876. The second-order valence-electron chi connectivity index (χ2n) is 6.43. The molecule has 1 fully saturated rings. The summed E-state index contributed by atoms with van der Waals surface area (Å²) in [5.41, 5.74) is 7.76. The maximum Gasteiger partial charge on any atom is 0.321 e. The number of nitrogens with one attached hydrogen (secondary N) is 1. The summed E-state index contributed by atoms with van der Waals surface area (Å²) in [6.45, 7) is 2.40. The molecule has 1 aliphatic heterocycles. The van der Waals surface area contributed by atoms with E-state index in [4.69, 9.17) is 5.73 Å². The highest BCUT2D eigenvalue weighted by Gasteiger charge is 2.28. The van der Waals surface area contributed by atoms with Crippen LogP contribution in [0.4, 0.5) is 22.1 Å². The molecular formula is C18H22N6O2. The van der Waals surface area contributed by atoms with Gasteiger partial charge in [0.2, 0.25) is 11.9 Å². The highest BCUT2D eigenvalue weighted by atomic mass is 16.2. The van der Waals surface area contributed by atoms with Crippen LogP contribution >= 0.6 is 0 Å². The predicted octanol–water partition coefficient (Wildman–Crippen LogP) is 2.24. The lowest BCUT2D eigenvalue weighted by Gasteiger charge is -2.22. The number of nitrogen functional groups attached to an aromatic ring is 1. The molecule has 3 N–H and O–H groups in total. The van der Waals surface area contributed by atoms with Crippen LogP contribution in [-0.4, -0.2) is 39.9 Å². The standard InChI is InChI=1S/C18H22N6O2/c1-12-3-8-16(25)24(12)15-6-4-14(5-7-15)22-18(26)23(2)11-13-9-20-17(19)21-10-13/h4-7,9-10,12H,3,8,11H2,1-2H3,(H,22,26)(H2,19,20,21)/t12-/m0/s1. The molecule has 0 bridgehead atoms. The van der Waals surface area contributed by atoms with Crippen molar-refractivity contribution < 1.29 is 9.59 Å². The number of aromatic nitrogens is 2. The molecule has 26 heavy (non-hydrogen) atoms. The molecule has 8 nitrogen and oxygen atoms in total. The Morgan fingerprint density at radius 1 is 1.31 bits per heavy atom. The Bertz CT molecular complexity index is 790. The Hall–Kier alpha value is -3.16. The van der Waals surface area contributed by atoms with E-state index >= 15 is 0 Å². The maximum atomic E-state index is 12.3. The van der Waals surface area contributed by atoms with Crippen LogP contribution in [-0.2, 0) is 11.3 Å². The van der Waals surface area contributed by atoms with Crippen molar-refractivity contribution in [3.63, 3.8) is 0 Å². The topological polar surface area (TPSA) is 104 Å². The first-order valence-electron chi connectivity index (χ1n) is 8.44. The number of carbonyl (C=O) groups excluding carboxylic acids is 2. The number of hydrogen-bond donors (Lipinski definition) is 2. The lowest BCUT2D eigenvalue weighted by atomic mass is 10.2. The molecule has 0 radical (unpaired) electrons. The monoisotopic (exact) mass is 354 g/mol. The summed E-state index contributed by atoms with van der Waals surface area (Å²) in [4.78, 5) is 35.4. The Morgan fingerprint density at radius 3 is 2.54 bits per heavy atom. The van der Waals surface area contributed by atoms with E-state index in [1.54, 1.807) is 36.5 Å². The van der Waals surface area contributed by atoms with Gasteiger partial charge in [0.05, 0.1) is 6.54 Å². The van der Waals surface area contributed by atoms with Crippen LogP contribution in [0.15, 0.2) is 36.7 Å². The molecule has 2 aromatic rings. The largest absolute Gasteiger partial charge is 0.368 e. The average molecular weight is 354 g/mol. The normalized spacial score (nSPS) is 16.6. The zero-order valence-electron chi connectivity index (χ0n) is 14.8. The maximum absolute atomic E-state index is 12.3. The number of hydrogen-bond acceptors (Lipinski definition) is 5. The van der Waals surface area contributed by atoms with Crippen LogP contribution in [0.5, 0.6) is 0 Å². The van der Waals surface area contributed by atoms with Gasteiger partial charge in [-0.1, -0.05) is 0 Å². The van der Waals surface area contributed by atoms with Crippen LogP contribution in [0.3, 0.4) is 0 Å². The van der Waals surface area contributed by atoms with E-state index in [-0.39, 0.29) is 23.9 Å². The van der Waals surface area contributed by atoms with Gasteiger partial charge in [-0.15, -0.1) is 0 Å². The summed E-state index contributed by atoms with van der Waals surface area (Å²) in [5, 5.41) is 2.83. The molecule has 3 amide bonds. The summed E-state index contributed by atoms with van der Waals surface area (Å²) in [5.74, 6) is 0.339. The van der Waals surface area contributed by atoms with E-state index in [2.05, 4.69) is 15.3 Å². The number of anilines is 3. The number of nitrogens with zero attached hydrogens (tertiary/aromatic N) is 4. The Morgan fingerprint density at radius 2 is 1.96 bits per heavy atom. The first kappa shape index (κ1) is 17.7. The van der Waals surface area contributed by atoms with Crippen LogP contribution in [0, 0.1) is 0 Å². The summed E-state index contributed by atoms with van der Waals surface area (Å²) >= 11 is 0. The predicted molar refractivity (Wildman–Crippen MR) is 99.6 cm³/mol. The minimum absolute atomic E-state index is 0.139. The molecule has 3 rings (SSSR count). The van der Waals surface area contributed by atoms with Gasteiger partial charge in [0.25, 0.3) is 0 Å². The number of rotatable bonds is 4. The van der Waals surface area contributed by atoms with Gasteiger partial charge in [-0.3, -0.25) is 4.79 Å². The van der Waals surface area contributed by atoms with E-state index in [9.17, 15) is 9.59 Å². The lowest BCUT2D eigenvalue weighted by Crippen LogP contribution is -2.31. The molecule has 136 valence electrons. The second kappa shape index (κ2) is 7.38. The molecule has 0 saturated carbocycles. The molecule has 1 atom stereocenters. The van der Waals surface area contributed by atoms with Gasteiger partial charge < -0.3 is 20.9 Å². The highest BCUT2D eigenvalue weighted by Crippen LogP contribution is 2.27. The van der Waals surface area contributed by atoms with E-state index < -0.39 is 0 Å². The molecule has 1 aromatic carbocycles. The number of nitrogens with two attached hydrogens (primary N) is 1. The highest BCUT2D eigenvalue weighted by molar-refractivity contribution is 5.96. The van der Waals surface area contributed by atoms with Gasteiger partial charge in [-0.2, -0.15) is 0 Å². The van der Waals surface area contributed by atoms with Gasteiger partial charge in [-0.25, -0.2) is 14.8 Å². The van der Waals surface area contributed by atoms with Crippen LogP contribution < -0.4 is 16.0 Å². The number of amides is 3. The van der Waals surface area contributed by atoms with Crippen LogP contribution in [0.1, 0.15) is 25.3 Å². The van der Waals surface area contributed by atoms with Crippen LogP contribution in [0.25, 0.3) is 0 Å². The van der Waals surface area contributed by atoms with Gasteiger partial charge in [0.15, 0.2) is 0 Å². The first-order valence-corrected chi connectivity index (χ1v) is 8.44. The fourth-order valence-electron chi connectivity index (χ4n) is 2.94. The number of carbonyl (C=O) groups is 2. The van der Waals surface area contributed by atoms with Crippen molar-refractivity contribution in [2.45, 2.75) is 32.4 Å². The van der Waals surface area contributed by atoms with Gasteiger partial charge in [0.1, 0.15) is 0 Å². The van der Waals surface area contributed by atoms with Crippen molar-refractivity contribution in [2.24, 2.45) is 0 Å². The van der Waals surface area contributed by atoms with E-state index in [0.717, 1.165) is 17.7 Å². The lowest BCUT2D eigenvalue weighted by molar-refractivity contribution is -0.117. The first-order chi connectivity index (χ1) is 12.4. The molecule has 1 saturated heterocycles. The molecule has 1 aromatic heterocycles. The van der Waals surface area contributed by atoms with Gasteiger partial charge >= 0.3 is 6.03 Å². The summed E-state index contributed by atoms with van der Waals surface area (Å²) in [7, 11) is 1.69. The average Bonchev–Trinajstić information content (AvgIpc) is 2.96. The van der Waals surface area contributed by atoms with E-state index in [1.807, 2.05) is 19.1 Å². The molecule has 2 heterocycles. The minimum atomic E-state index is -0.250. The minimum Gasteiger partial charge on any atom is -0.368 e. The Kier molecular flexibility index (Phi) is 5.01. The summed E-state index contributed by atoms with van der Waals surface area (Å²) in [6, 6.07) is 7.25. The van der Waals surface area contributed by atoms with Crippen molar-refractivity contribution in [1.29, 1.82) is 0 Å². The van der Waals surface area contributed by atoms with Crippen molar-refractivity contribution in [3.05, 3.63) is 42.2 Å². The van der Waals surface area contributed by atoms with Gasteiger partial charge in [0, 0.05) is 48.8 Å². The van der Waals surface area contributed by atoms with Gasteiger partial charge in [-0.05, 0) is 37.6 Å². The zero-order chi connectivity index (χ0) is 18.7. The fraction of sp³-hybridized carbons (Fsp3) is 0.333. The molecule has 8 heteroatoms. The smallest absolute Gasteiger partial charge is 0.321 e. The SMILES string of the molecule is C[C@H]1CCC(=O)N1c1ccc(NC(=O)N(C)Cc2cnc(N)nc2)cc1. The molecular weight excluding hydrogens is 332 g/mol. The fourth-order valence-corrected chi connectivity index (χ4v) is 2.94. The number of benzene rings is 1. The second-order valence-corrected chi connectivity index (χ2v) is 6.43. The molecule has 0 spiro atoms. The third-order valence-electron chi connectivity index (χ3n) is 4.37. The van der Waals surface area contributed by atoms with Crippen LogP contribution in [0.2, 0.25) is 0 Å².